The highest BCUT2D eigenvalue weighted by molar-refractivity contribution is 9.10. The summed E-state index contributed by atoms with van der Waals surface area (Å²) in [6.45, 7) is 0.129. The number of anilines is 1. The van der Waals surface area contributed by atoms with E-state index < -0.39 is 18.2 Å². The predicted octanol–water partition coefficient (Wildman–Crippen LogP) is 2.12. The van der Waals surface area contributed by atoms with Crippen LogP contribution in [0.1, 0.15) is 6.42 Å². The van der Waals surface area contributed by atoms with E-state index in [0.717, 1.165) is 9.80 Å². The van der Waals surface area contributed by atoms with Gasteiger partial charge in [0, 0.05) is 30.5 Å². The minimum Gasteiger partial charge on any atom is -0.465 e. The Labute approximate surface area is 140 Å². The van der Waals surface area contributed by atoms with E-state index >= 15 is 0 Å². The molecule has 23 heavy (non-hydrogen) atoms. The maximum Gasteiger partial charge on any atom is 0.407 e. The summed E-state index contributed by atoms with van der Waals surface area (Å²) in [5, 5.41) is 20.9. The van der Waals surface area contributed by atoms with Crippen molar-refractivity contribution >= 4 is 39.7 Å². The number of nitrogens with zero attached hydrogens (tertiary/aromatic N) is 2. The Hall–Kier alpha value is -2.29. The second kappa shape index (κ2) is 7.32. The summed E-state index contributed by atoms with van der Waals surface area (Å²) in [6, 6.07) is 6.33. The minimum absolute atomic E-state index is 0.0228. The number of carbonyl (C=O) groups is 3. The van der Waals surface area contributed by atoms with E-state index in [1.54, 1.807) is 24.3 Å². The molecule has 1 aliphatic rings. The van der Waals surface area contributed by atoms with Crippen LogP contribution in [0.2, 0.25) is 0 Å². The van der Waals surface area contributed by atoms with Gasteiger partial charge < -0.3 is 25.3 Å². The third-order valence-corrected chi connectivity index (χ3v) is 4.26. The van der Waals surface area contributed by atoms with Gasteiger partial charge in [0.15, 0.2) is 0 Å². The van der Waals surface area contributed by atoms with Crippen molar-refractivity contribution in [3.05, 3.63) is 28.7 Å². The molecule has 0 aliphatic carbocycles. The molecule has 2 rings (SSSR count). The first-order valence-corrected chi connectivity index (χ1v) is 7.69. The number of hydrogen-bond donors (Lipinski definition) is 3. The van der Waals surface area contributed by atoms with E-state index in [2.05, 4.69) is 21.2 Å². The number of nitrogens with one attached hydrogen (secondary N) is 1. The van der Waals surface area contributed by atoms with Crippen LogP contribution >= 0.6 is 15.9 Å². The van der Waals surface area contributed by atoms with Crippen molar-refractivity contribution in [1.82, 2.24) is 9.80 Å². The third kappa shape index (κ3) is 4.35. The van der Waals surface area contributed by atoms with Crippen LogP contribution in [0.5, 0.6) is 0 Å². The maximum absolute atomic E-state index is 12.2. The monoisotopic (exact) mass is 385 g/mol. The number of carbonyl (C=O) groups excluding carboxylic acids is 1. The molecular weight excluding hydrogens is 370 g/mol. The second-order valence-corrected chi connectivity index (χ2v) is 5.94. The molecule has 3 N–H and O–H groups in total. The van der Waals surface area contributed by atoms with Crippen molar-refractivity contribution in [2.45, 2.75) is 12.5 Å². The number of rotatable bonds is 3. The Bertz CT molecular complexity index is 624. The highest BCUT2D eigenvalue weighted by Gasteiger charge is 2.33. The first-order chi connectivity index (χ1) is 10.9. The number of carboxylic acid groups (broad SMARTS) is 2. The Balaban J connectivity index is 2.04. The second-order valence-electron chi connectivity index (χ2n) is 5.09. The average Bonchev–Trinajstić information content (AvgIpc) is 2.49. The van der Waals surface area contributed by atoms with Crippen LogP contribution in [0.25, 0.3) is 0 Å². The van der Waals surface area contributed by atoms with Crippen LogP contribution in [0.4, 0.5) is 15.3 Å². The topological polar surface area (TPSA) is 110 Å². The Kier molecular flexibility index (Phi) is 5.43. The molecule has 1 aliphatic heterocycles. The molecule has 1 fully saturated rings. The zero-order valence-corrected chi connectivity index (χ0v) is 13.7. The van der Waals surface area contributed by atoms with Crippen molar-refractivity contribution < 1.29 is 24.6 Å². The maximum atomic E-state index is 12.2. The molecule has 1 aromatic rings. The summed E-state index contributed by atoms with van der Waals surface area (Å²) < 4.78 is 0.708. The van der Waals surface area contributed by atoms with Gasteiger partial charge in [0.05, 0.1) is 11.7 Å². The molecule has 8 nitrogen and oxygen atoms in total. The highest BCUT2D eigenvalue weighted by atomic mass is 79.9. The fourth-order valence-corrected chi connectivity index (χ4v) is 2.82. The zero-order chi connectivity index (χ0) is 17.0. The van der Waals surface area contributed by atoms with Crippen LogP contribution in [0.3, 0.4) is 0 Å². The standard InChI is InChI=1S/C14H16BrN3O5/c15-10-3-1-2-4-11(10)16-12(19)7-9-8-17(13(20)21)5-6-18(9)14(22)23/h1-4,9H,5-8H2,(H,16,19)(H,20,21)(H,22,23). The first kappa shape index (κ1) is 17.1. The Morgan fingerprint density at radius 1 is 1.17 bits per heavy atom. The molecule has 0 spiro atoms. The lowest BCUT2D eigenvalue weighted by molar-refractivity contribution is -0.117. The molecule has 0 bridgehead atoms. The number of piperazine rings is 1. The van der Waals surface area contributed by atoms with E-state index in [0.29, 0.717) is 10.2 Å². The summed E-state index contributed by atoms with van der Waals surface area (Å²) >= 11 is 3.31. The molecule has 0 radical (unpaired) electrons. The summed E-state index contributed by atoms with van der Waals surface area (Å²) in [6.07, 6.45) is -2.39. The Morgan fingerprint density at radius 2 is 1.87 bits per heavy atom. The fraction of sp³-hybridized carbons (Fsp3) is 0.357. The van der Waals surface area contributed by atoms with Crippen molar-refractivity contribution in [1.29, 1.82) is 0 Å². The van der Waals surface area contributed by atoms with E-state index in [4.69, 9.17) is 5.11 Å². The molecule has 1 saturated heterocycles. The van der Waals surface area contributed by atoms with Crippen LogP contribution < -0.4 is 5.32 Å². The first-order valence-electron chi connectivity index (χ1n) is 6.90. The van der Waals surface area contributed by atoms with Gasteiger partial charge in [-0.3, -0.25) is 4.79 Å². The van der Waals surface area contributed by atoms with Gasteiger partial charge in [-0.1, -0.05) is 12.1 Å². The molecule has 1 unspecified atom stereocenters. The lowest BCUT2D eigenvalue weighted by Crippen LogP contribution is -2.56. The van der Waals surface area contributed by atoms with Crippen molar-refractivity contribution in [2.75, 3.05) is 25.0 Å². The lowest BCUT2D eigenvalue weighted by atomic mass is 10.1. The van der Waals surface area contributed by atoms with Crippen molar-refractivity contribution in [3.63, 3.8) is 0 Å². The number of para-hydroxylation sites is 1. The molecule has 1 heterocycles. The largest absolute Gasteiger partial charge is 0.465 e. The van der Waals surface area contributed by atoms with Crippen LogP contribution in [0.15, 0.2) is 28.7 Å². The van der Waals surface area contributed by atoms with E-state index in [1.807, 2.05) is 0 Å². The number of hydrogen-bond acceptors (Lipinski definition) is 3. The number of amides is 3. The SMILES string of the molecule is O=C(CC1CN(C(=O)O)CCN1C(=O)O)Nc1ccccc1Br. The summed E-state index contributed by atoms with van der Waals surface area (Å²) in [5.41, 5.74) is 0.574. The van der Waals surface area contributed by atoms with Crippen molar-refractivity contribution in [2.24, 2.45) is 0 Å². The minimum atomic E-state index is -1.16. The quantitative estimate of drug-likeness (QED) is 0.737. The van der Waals surface area contributed by atoms with Gasteiger partial charge >= 0.3 is 12.2 Å². The van der Waals surface area contributed by atoms with Crippen LogP contribution in [0, 0.1) is 0 Å². The van der Waals surface area contributed by atoms with Gasteiger partial charge in [-0.15, -0.1) is 0 Å². The average molecular weight is 386 g/mol. The molecule has 0 saturated carbocycles. The van der Waals surface area contributed by atoms with Crippen LogP contribution in [-0.4, -0.2) is 63.8 Å². The molecule has 1 atom stereocenters. The normalized spacial score (nSPS) is 17.7. The predicted molar refractivity (Wildman–Crippen MR) is 85.5 cm³/mol. The van der Waals surface area contributed by atoms with E-state index in [-0.39, 0.29) is 32.0 Å². The van der Waals surface area contributed by atoms with E-state index in [9.17, 15) is 19.5 Å². The molecule has 3 amide bonds. The van der Waals surface area contributed by atoms with Crippen molar-refractivity contribution in [3.8, 4) is 0 Å². The zero-order valence-electron chi connectivity index (χ0n) is 12.1. The molecular formula is C14H16BrN3O5. The van der Waals surface area contributed by atoms with Gasteiger partial charge in [0.1, 0.15) is 0 Å². The smallest absolute Gasteiger partial charge is 0.407 e. The summed E-state index contributed by atoms with van der Waals surface area (Å²) in [5.74, 6) is -0.375. The summed E-state index contributed by atoms with van der Waals surface area (Å²) in [7, 11) is 0. The molecule has 124 valence electrons. The van der Waals surface area contributed by atoms with Gasteiger partial charge in [-0.05, 0) is 28.1 Å². The molecule has 0 aromatic heterocycles. The number of benzene rings is 1. The van der Waals surface area contributed by atoms with Gasteiger partial charge in [0.2, 0.25) is 5.91 Å². The highest BCUT2D eigenvalue weighted by Crippen LogP contribution is 2.22. The fourth-order valence-electron chi connectivity index (χ4n) is 2.43. The van der Waals surface area contributed by atoms with E-state index in [1.165, 1.54) is 0 Å². The lowest BCUT2D eigenvalue weighted by Gasteiger charge is -2.38. The Morgan fingerprint density at radius 3 is 2.48 bits per heavy atom. The molecule has 1 aromatic carbocycles. The van der Waals surface area contributed by atoms with Gasteiger partial charge in [-0.25, -0.2) is 9.59 Å². The number of halogens is 1. The van der Waals surface area contributed by atoms with Gasteiger partial charge in [0.25, 0.3) is 0 Å². The van der Waals surface area contributed by atoms with Gasteiger partial charge in [-0.2, -0.15) is 0 Å². The molecule has 9 heteroatoms. The summed E-state index contributed by atoms with van der Waals surface area (Å²) in [4.78, 5) is 36.7. The third-order valence-electron chi connectivity index (χ3n) is 3.57. The van der Waals surface area contributed by atoms with Crippen LogP contribution in [-0.2, 0) is 4.79 Å².